The number of pyridine rings is 2. The number of aromatic nitrogens is 6. The maximum atomic E-state index is 14.1. The molecule has 0 fully saturated rings. The lowest BCUT2D eigenvalue weighted by Crippen LogP contribution is -2.27. The summed E-state index contributed by atoms with van der Waals surface area (Å²) in [4.78, 5) is 28.0. The van der Waals surface area contributed by atoms with Crippen LogP contribution in [0.5, 0.6) is 5.88 Å². The van der Waals surface area contributed by atoms with Crippen molar-refractivity contribution in [3.8, 4) is 17.4 Å². The van der Waals surface area contributed by atoms with E-state index in [0.29, 0.717) is 0 Å². The largest absolute Gasteiger partial charge is 0.493 e. The van der Waals surface area contributed by atoms with E-state index in [9.17, 15) is 23.1 Å². The van der Waals surface area contributed by atoms with Crippen LogP contribution in [0.1, 0.15) is 25.0 Å². The molecule has 12 heteroatoms. The zero-order valence-electron chi connectivity index (χ0n) is 16.7. The van der Waals surface area contributed by atoms with Crippen LogP contribution in [0.4, 0.5) is 19.0 Å². The Morgan fingerprint density at radius 3 is 2.56 bits per heavy atom. The van der Waals surface area contributed by atoms with Gasteiger partial charge in [-0.3, -0.25) is 9.78 Å². The summed E-state index contributed by atoms with van der Waals surface area (Å²) < 4.78 is 43.4. The summed E-state index contributed by atoms with van der Waals surface area (Å²) in [5, 5.41) is 17.5. The predicted octanol–water partition coefficient (Wildman–Crippen LogP) is 2.68. The summed E-state index contributed by atoms with van der Waals surface area (Å²) in [7, 11) is 0. The number of fused-ring (bicyclic) bond motifs is 2. The van der Waals surface area contributed by atoms with Crippen LogP contribution in [0.25, 0.3) is 22.6 Å². The molecule has 0 saturated carbocycles. The summed E-state index contributed by atoms with van der Waals surface area (Å²) in [5.41, 5.74) is -1.01. The fraction of sp³-hybridized carbons (Fsp3) is 0.200. The van der Waals surface area contributed by atoms with Crippen molar-refractivity contribution in [2.45, 2.75) is 25.8 Å². The molecule has 1 aliphatic heterocycles. The number of rotatable bonds is 3. The molecule has 1 amide bonds. The number of anilines is 1. The highest BCUT2D eigenvalue weighted by Crippen LogP contribution is 2.42. The van der Waals surface area contributed by atoms with Gasteiger partial charge in [-0.15, -0.1) is 0 Å². The number of hydrogen-bond acceptors (Lipinski definition) is 7. The van der Waals surface area contributed by atoms with Crippen molar-refractivity contribution >= 4 is 22.8 Å². The summed E-state index contributed by atoms with van der Waals surface area (Å²) in [6, 6.07) is 1.12. The van der Waals surface area contributed by atoms with Crippen LogP contribution in [0.3, 0.4) is 0 Å². The van der Waals surface area contributed by atoms with E-state index in [0.717, 1.165) is 24.7 Å². The highest BCUT2D eigenvalue weighted by Gasteiger charge is 2.43. The molecule has 0 spiro atoms. The zero-order chi connectivity index (χ0) is 22.8. The van der Waals surface area contributed by atoms with Gasteiger partial charge < -0.3 is 10.4 Å². The van der Waals surface area contributed by atoms with E-state index in [1.54, 1.807) is 13.8 Å². The van der Waals surface area contributed by atoms with Crippen molar-refractivity contribution in [2.75, 3.05) is 5.32 Å². The van der Waals surface area contributed by atoms with Crippen LogP contribution < -0.4 is 5.32 Å². The average Bonchev–Trinajstić information content (AvgIpc) is 3.18. The molecule has 5 rings (SSSR count). The van der Waals surface area contributed by atoms with E-state index >= 15 is 0 Å². The summed E-state index contributed by atoms with van der Waals surface area (Å²) in [6.45, 7) is 2.85. The quantitative estimate of drug-likeness (QED) is 0.502. The van der Waals surface area contributed by atoms with Gasteiger partial charge in [-0.05, 0) is 19.9 Å². The Balaban J connectivity index is 1.70. The molecular formula is C20H14F3N7O2. The number of aromatic hydroxyl groups is 1. The maximum absolute atomic E-state index is 14.1. The Kier molecular flexibility index (Phi) is 4.16. The highest BCUT2D eigenvalue weighted by molar-refractivity contribution is 6.05. The molecule has 2 N–H and O–H groups in total. The first-order chi connectivity index (χ1) is 15.2. The third kappa shape index (κ3) is 2.87. The second-order valence-electron chi connectivity index (χ2n) is 7.79. The molecule has 5 heterocycles. The first kappa shape index (κ1) is 19.8. The Hall–Kier alpha value is -4.09. The number of carbonyl (C=O) groups excluding carboxylic acids is 1. The molecule has 4 aromatic rings. The Labute approximate surface area is 178 Å². The highest BCUT2D eigenvalue weighted by atomic mass is 19.1. The molecule has 0 unspecified atom stereocenters. The summed E-state index contributed by atoms with van der Waals surface area (Å²) in [6.07, 6.45) is 2.67. The lowest BCUT2D eigenvalue weighted by Gasteiger charge is -2.15. The minimum absolute atomic E-state index is 0.0129. The van der Waals surface area contributed by atoms with Crippen LogP contribution in [-0.4, -0.2) is 40.7 Å². The number of nitrogens with zero attached hydrogens (tertiary/aromatic N) is 6. The zero-order valence-corrected chi connectivity index (χ0v) is 16.7. The van der Waals surface area contributed by atoms with Crippen LogP contribution in [0.15, 0.2) is 24.7 Å². The van der Waals surface area contributed by atoms with E-state index in [-0.39, 0.29) is 51.9 Å². The fourth-order valence-corrected chi connectivity index (χ4v) is 3.65. The van der Waals surface area contributed by atoms with Crippen molar-refractivity contribution in [1.82, 2.24) is 29.7 Å². The van der Waals surface area contributed by atoms with Crippen LogP contribution in [0.2, 0.25) is 0 Å². The van der Waals surface area contributed by atoms with Gasteiger partial charge in [-0.1, -0.05) is 0 Å². The van der Waals surface area contributed by atoms with E-state index in [1.807, 2.05) is 0 Å². The van der Waals surface area contributed by atoms with Gasteiger partial charge in [0.1, 0.15) is 29.0 Å². The molecule has 4 aromatic heterocycles. The Morgan fingerprint density at radius 2 is 1.84 bits per heavy atom. The number of nitrogens with one attached hydrogen (secondary N) is 1. The molecule has 9 nitrogen and oxygen atoms in total. The van der Waals surface area contributed by atoms with Gasteiger partial charge in [-0.25, -0.2) is 27.8 Å². The van der Waals surface area contributed by atoms with Gasteiger partial charge in [0.25, 0.3) is 0 Å². The lowest BCUT2D eigenvalue weighted by atomic mass is 9.87. The van der Waals surface area contributed by atoms with Crippen molar-refractivity contribution in [2.24, 2.45) is 0 Å². The number of hydrogen-bond donors (Lipinski definition) is 2. The number of carbonyl (C=O) groups is 1. The van der Waals surface area contributed by atoms with E-state index in [2.05, 4.69) is 30.4 Å². The van der Waals surface area contributed by atoms with E-state index in [4.69, 9.17) is 0 Å². The van der Waals surface area contributed by atoms with Gasteiger partial charge in [0.2, 0.25) is 11.8 Å². The van der Waals surface area contributed by atoms with E-state index in [1.165, 1.54) is 4.68 Å². The molecule has 0 atom stereocenters. The predicted molar refractivity (Wildman–Crippen MR) is 105 cm³/mol. The molecular weight excluding hydrogens is 427 g/mol. The topological polar surface area (TPSA) is 119 Å². The average molecular weight is 441 g/mol. The molecule has 0 radical (unpaired) electrons. The van der Waals surface area contributed by atoms with Crippen molar-refractivity contribution in [1.29, 1.82) is 0 Å². The third-order valence-electron chi connectivity index (χ3n) is 5.34. The molecule has 1 aliphatic rings. The minimum atomic E-state index is -1.05. The third-order valence-corrected chi connectivity index (χ3v) is 5.34. The smallest absolute Gasteiger partial charge is 0.235 e. The Bertz CT molecular complexity index is 1410. The van der Waals surface area contributed by atoms with Crippen LogP contribution in [-0.2, 0) is 16.8 Å². The van der Waals surface area contributed by atoms with Gasteiger partial charge in [-0.2, -0.15) is 10.1 Å². The normalized spacial score (nSPS) is 14.6. The van der Waals surface area contributed by atoms with Gasteiger partial charge in [0.05, 0.1) is 41.5 Å². The molecule has 0 aliphatic carbocycles. The van der Waals surface area contributed by atoms with Crippen molar-refractivity contribution in [3.05, 3.63) is 53.2 Å². The fourth-order valence-electron chi connectivity index (χ4n) is 3.65. The second kappa shape index (κ2) is 6.70. The summed E-state index contributed by atoms with van der Waals surface area (Å²) in [5.74, 6) is -3.28. The number of amides is 1. The van der Waals surface area contributed by atoms with Gasteiger partial charge in [0, 0.05) is 5.56 Å². The van der Waals surface area contributed by atoms with Crippen molar-refractivity contribution < 1.29 is 23.1 Å². The van der Waals surface area contributed by atoms with Crippen LogP contribution >= 0.6 is 0 Å². The monoisotopic (exact) mass is 441 g/mol. The minimum Gasteiger partial charge on any atom is -0.493 e. The van der Waals surface area contributed by atoms with Gasteiger partial charge >= 0.3 is 0 Å². The Morgan fingerprint density at radius 1 is 1.12 bits per heavy atom. The SMILES string of the molecule is CC1(C)C(=O)Nc2nc(-c3nn(Cc4c(F)cncc4F)c4ncc(F)cc34)nc(O)c21. The van der Waals surface area contributed by atoms with Crippen molar-refractivity contribution in [3.63, 3.8) is 0 Å². The first-order valence-corrected chi connectivity index (χ1v) is 9.40. The molecule has 0 bridgehead atoms. The van der Waals surface area contributed by atoms with Crippen LogP contribution in [0, 0.1) is 17.5 Å². The van der Waals surface area contributed by atoms with Gasteiger partial charge in [0.15, 0.2) is 11.5 Å². The standard InChI is InChI=1S/C20H14F3N7O2/c1-20(2)13-15(28-19(20)32)26-16(27-18(13)31)14-9-3-8(21)4-25-17(9)30(29-14)7-10-11(22)5-24-6-12(10)23/h3-6H,7H2,1-2H3,(H2,26,27,28,31,32). The van der Waals surface area contributed by atoms with E-state index < -0.39 is 28.7 Å². The molecule has 0 saturated heterocycles. The summed E-state index contributed by atoms with van der Waals surface area (Å²) >= 11 is 0. The first-order valence-electron chi connectivity index (χ1n) is 9.40. The lowest BCUT2D eigenvalue weighted by molar-refractivity contribution is -0.119. The molecule has 162 valence electrons. The molecule has 0 aromatic carbocycles. The number of halogens is 3. The second-order valence-corrected chi connectivity index (χ2v) is 7.79. The maximum Gasteiger partial charge on any atom is 0.235 e. The molecule has 32 heavy (non-hydrogen) atoms.